The number of rotatable bonds is 2. The van der Waals surface area contributed by atoms with E-state index in [0.717, 1.165) is 31.5 Å². The molecule has 1 aliphatic rings. The summed E-state index contributed by atoms with van der Waals surface area (Å²) in [5, 5.41) is 2.80. The molecule has 0 unspecified atom stereocenters. The fourth-order valence-corrected chi connectivity index (χ4v) is 2.07. The van der Waals surface area contributed by atoms with Crippen LogP contribution in [0.25, 0.3) is 0 Å². The molecule has 90 valence electrons. The number of carbonyl (C=O) groups excluding carboxylic acids is 1. The molecule has 0 aromatic heterocycles. The zero-order valence-electron chi connectivity index (χ0n) is 10.1. The van der Waals surface area contributed by atoms with Gasteiger partial charge in [-0.3, -0.25) is 4.90 Å². The SMILES string of the molecule is CC/C=C/NC(=O)N1CCCc2ccccc21. The Morgan fingerprint density at radius 2 is 2.29 bits per heavy atom. The minimum atomic E-state index is -0.0400. The number of urea groups is 1. The highest BCUT2D eigenvalue weighted by molar-refractivity contribution is 5.93. The number of nitrogens with zero attached hydrogens (tertiary/aromatic N) is 1. The smallest absolute Gasteiger partial charge is 0.315 e. The van der Waals surface area contributed by atoms with Gasteiger partial charge < -0.3 is 5.32 Å². The van der Waals surface area contributed by atoms with E-state index in [4.69, 9.17) is 0 Å². The highest BCUT2D eigenvalue weighted by Gasteiger charge is 2.20. The quantitative estimate of drug-likeness (QED) is 0.832. The standard InChI is InChI=1S/C14H18N2O/c1-2-3-10-15-14(17)16-11-6-8-12-7-4-5-9-13(12)16/h3-5,7,9-10H,2,6,8,11H2,1H3,(H,15,17)/b10-3+. The molecule has 2 rings (SSSR count). The summed E-state index contributed by atoms with van der Waals surface area (Å²) in [4.78, 5) is 13.8. The lowest BCUT2D eigenvalue weighted by Gasteiger charge is -2.28. The van der Waals surface area contributed by atoms with Crippen molar-refractivity contribution in [3.63, 3.8) is 0 Å². The van der Waals surface area contributed by atoms with E-state index in [0.29, 0.717) is 0 Å². The normalized spacial score (nSPS) is 14.8. The van der Waals surface area contributed by atoms with Crippen molar-refractivity contribution in [1.29, 1.82) is 0 Å². The van der Waals surface area contributed by atoms with Crippen LogP contribution in [0.3, 0.4) is 0 Å². The number of hydrogen-bond acceptors (Lipinski definition) is 1. The first-order valence-corrected chi connectivity index (χ1v) is 6.14. The Balaban J connectivity index is 2.12. The Morgan fingerprint density at radius 1 is 1.47 bits per heavy atom. The van der Waals surface area contributed by atoms with E-state index >= 15 is 0 Å². The maximum Gasteiger partial charge on any atom is 0.325 e. The van der Waals surface area contributed by atoms with Gasteiger partial charge >= 0.3 is 6.03 Å². The van der Waals surface area contributed by atoms with Crippen LogP contribution < -0.4 is 10.2 Å². The lowest BCUT2D eigenvalue weighted by atomic mass is 10.0. The van der Waals surface area contributed by atoms with E-state index < -0.39 is 0 Å². The molecule has 1 aliphatic heterocycles. The molecule has 0 aliphatic carbocycles. The number of carbonyl (C=O) groups is 1. The second kappa shape index (κ2) is 5.53. The van der Waals surface area contributed by atoms with Gasteiger partial charge in [0.2, 0.25) is 0 Å². The average Bonchev–Trinajstić information content (AvgIpc) is 2.38. The average molecular weight is 230 g/mol. The number of fused-ring (bicyclic) bond motifs is 1. The van der Waals surface area contributed by atoms with Crippen LogP contribution in [0.15, 0.2) is 36.5 Å². The van der Waals surface area contributed by atoms with Crippen LogP contribution in [0.5, 0.6) is 0 Å². The molecular weight excluding hydrogens is 212 g/mol. The van der Waals surface area contributed by atoms with Gasteiger partial charge in [-0.05, 0) is 30.9 Å². The first-order chi connectivity index (χ1) is 8.33. The third-order valence-corrected chi connectivity index (χ3v) is 2.92. The molecule has 0 radical (unpaired) electrons. The number of anilines is 1. The number of allylic oxidation sites excluding steroid dienone is 1. The van der Waals surface area contributed by atoms with Crippen LogP contribution in [0.1, 0.15) is 25.3 Å². The number of nitrogens with one attached hydrogen (secondary N) is 1. The summed E-state index contributed by atoms with van der Waals surface area (Å²) >= 11 is 0. The lowest BCUT2D eigenvalue weighted by Crippen LogP contribution is -2.40. The van der Waals surface area contributed by atoms with E-state index in [1.807, 2.05) is 36.1 Å². The molecule has 1 heterocycles. The van der Waals surface area contributed by atoms with Crippen LogP contribution in [-0.4, -0.2) is 12.6 Å². The summed E-state index contributed by atoms with van der Waals surface area (Å²) < 4.78 is 0. The molecule has 1 aromatic rings. The molecule has 0 saturated heterocycles. The van der Waals surface area contributed by atoms with Gasteiger partial charge in [-0.15, -0.1) is 0 Å². The summed E-state index contributed by atoms with van der Waals surface area (Å²) in [5.41, 5.74) is 2.30. The lowest BCUT2D eigenvalue weighted by molar-refractivity contribution is 0.249. The van der Waals surface area contributed by atoms with E-state index in [-0.39, 0.29) is 6.03 Å². The number of hydrogen-bond donors (Lipinski definition) is 1. The summed E-state index contributed by atoms with van der Waals surface area (Å²) in [5.74, 6) is 0. The van der Waals surface area contributed by atoms with Crippen molar-refractivity contribution >= 4 is 11.7 Å². The maximum atomic E-state index is 12.0. The summed E-state index contributed by atoms with van der Waals surface area (Å²) in [6.07, 6.45) is 6.68. The Morgan fingerprint density at radius 3 is 3.12 bits per heavy atom. The first-order valence-electron chi connectivity index (χ1n) is 6.14. The number of aryl methyl sites for hydroxylation is 1. The molecule has 0 spiro atoms. The largest absolute Gasteiger partial charge is 0.325 e. The molecule has 1 aromatic carbocycles. The summed E-state index contributed by atoms with van der Waals surface area (Å²) in [6.45, 7) is 2.83. The van der Waals surface area contributed by atoms with Gasteiger partial charge in [-0.25, -0.2) is 4.79 Å². The van der Waals surface area contributed by atoms with Gasteiger partial charge in [-0.2, -0.15) is 0 Å². The van der Waals surface area contributed by atoms with Crippen molar-refractivity contribution in [3.8, 4) is 0 Å². The molecule has 0 saturated carbocycles. The van der Waals surface area contributed by atoms with Gasteiger partial charge in [0.25, 0.3) is 0 Å². The minimum absolute atomic E-state index is 0.0400. The van der Waals surface area contributed by atoms with Crippen LogP contribution in [-0.2, 0) is 6.42 Å². The third kappa shape index (κ3) is 2.67. The molecular formula is C14H18N2O. The Labute approximate surface area is 102 Å². The maximum absolute atomic E-state index is 12.0. The van der Waals surface area contributed by atoms with Gasteiger partial charge in [0.15, 0.2) is 0 Å². The van der Waals surface area contributed by atoms with Crippen molar-refractivity contribution in [1.82, 2.24) is 5.32 Å². The molecule has 0 fully saturated rings. The topological polar surface area (TPSA) is 32.3 Å². The van der Waals surface area contributed by atoms with Crippen molar-refractivity contribution in [2.45, 2.75) is 26.2 Å². The van der Waals surface area contributed by atoms with Crippen LogP contribution in [0.2, 0.25) is 0 Å². The molecule has 0 bridgehead atoms. The zero-order valence-corrected chi connectivity index (χ0v) is 10.1. The second-order valence-electron chi connectivity index (χ2n) is 4.14. The Bertz CT molecular complexity index is 426. The molecule has 17 heavy (non-hydrogen) atoms. The van der Waals surface area contributed by atoms with Crippen molar-refractivity contribution in [2.75, 3.05) is 11.4 Å². The highest BCUT2D eigenvalue weighted by atomic mass is 16.2. The van der Waals surface area contributed by atoms with Gasteiger partial charge in [0.1, 0.15) is 0 Å². The number of amides is 2. The summed E-state index contributed by atoms with van der Waals surface area (Å²) in [7, 11) is 0. The number of benzene rings is 1. The van der Waals surface area contributed by atoms with Crippen molar-refractivity contribution < 1.29 is 4.79 Å². The predicted molar refractivity (Wildman–Crippen MR) is 70.1 cm³/mol. The minimum Gasteiger partial charge on any atom is -0.315 e. The van der Waals surface area contributed by atoms with E-state index in [1.54, 1.807) is 6.20 Å². The monoisotopic (exact) mass is 230 g/mol. The Hall–Kier alpha value is -1.77. The fraction of sp³-hybridized carbons (Fsp3) is 0.357. The zero-order chi connectivity index (χ0) is 12.1. The van der Waals surface area contributed by atoms with Crippen molar-refractivity contribution in [2.24, 2.45) is 0 Å². The fourth-order valence-electron chi connectivity index (χ4n) is 2.07. The summed E-state index contributed by atoms with van der Waals surface area (Å²) in [6, 6.07) is 8.07. The van der Waals surface area contributed by atoms with Crippen LogP contribution >= 0.6 is 0 Å². The molecule has 1 N–H and O–H groups in total. The van der Waals surface area contributed by atoms with Crippen molar-refractivity contribution in [3.05, 3.63) is 42.1 Å². The molecule has 3 nitrogen and oxygen atoms in total. The van der Waals surface area contributed by atoms with Crippen LogP contribution in [0.4, 0.5) is 10.5 Å². The van der Waals surface area contributed by atoms with Gasteiger partial charge in [0, 0.05) is 18.4 Å². The van der Waals surface area contributed by atoms with Crippen LogP contribution in [0, 0.1) is 0 Å². The Kier molecular flexibility index (Phi) is 3.81. The molecule has 3 heteroatoms. The molecule has 2 amide bonds. The van der Waals surface area contributed by atoms with Gasteiger partial charge in [-0.1, -0.05) is 31.2 Å². The van der Waals surface area contributed by atoms with Gasteiger partial charge in [0.05, 0.1) is 0 Å². The highest BCUT2D eigenvalue weighted by Crippen LogP contribution is 2.26. The molecule has 0 atom stereocenters. The van der Waals surface area contributed by atoms with E-state index in [2.05, 4.69) is 11.4 Å². The predicted octanol–water partition coefficient (Wildman–Crippen LogP) is 3.07. The third-order valence-electron chi connectivity index (χ3n) is 2.92. The first kappa shape index (κ1) is 11.7. The van der Waals surface area contributed by atoms with E-state index in [9.17, 15) is 4.79 Å². The number of para-hydroxylation sites is 1. The van der Waals surface area contributed by atoms with E-state index in [1.165, 1.54) is 5.56 Å². The second-order valence-corrected chi connectivity index (χ2v) is 4.14.